The van der Waals surface area contributed by atoms with E-state index < -0.39 is 0 Å². The second kappa shape index (κ2) is 9.27. The van der Waals surface area contributed by atoms with Crippen LogP contribution in [-0.4, -0.2) is 50.1 Å². The molecule has 0 fully saturated rings. The molecule has 0 saturated carbocycles. The molecule has 1 heterocycles. The van der Waals surface area contributed by atoms with Crippen LogP contribution in [0, 0.1) is 13.8 Å². The first-order valence-corrected chi connectivity index (χ1v) is 11.6. The number of ether oxygens (including phenoxy) is 1. The van der Waals surface area contributed by atoms with Crippen LogP contribution in [0.4, 0.5) is 5.13 Å². The van der Waals surface area contributed by atoms with Crippen molar-refractivity contribution >= 4 is 43.4 Å². The zero-order chi connectivity index (χ0) is 22.8. The Morgan fingerprint density at radius 2 is 1.75 bits per heavy atom. The Bertz CT molecular complexity index is 1280. The molecule has 32 heavy (non-hydrogen) atoms. The van der Waals surface area contributed by atoms with Crippen molar-refractivity contribution in [2.75, 3.05) is 39.2 Å². The number of carbonyl (C=O) groups excluding carboxylic acids is 1. The number of fused-ring (bicyclic) bond motifs is 2. The van der Waals surface area contributed by atoms with Crippen LogP contribution < -0.4 is 9.64 Å². The average molecular weight is 448 g/mol. The molecule has 166 valence electrons. The van der Waals surface area contributed by atoms with Crippen LogP contribution in [0.2, 0.25) is 0 Å². The third kappa shape index (κ3) is 4.33. The Morgan fingerprint density at radius 1 is 1.03 bits per heavy atom. The number of hydrogen-bond acceptors (Lipinski definition) is 5. The SMILES string of the molecule is COc1cc2ccccc2cc1C(=O)N(CCCN(C)C)c1nc2c(C)c(C)ccc2s1. The molecule has 4 aromatic rings. The largest absolute Gasteiger partial charge is 0.496 e. The smallest absolute Gasteiger partial charge is 0.263 e. The number of anilines is 1. The van der Waals surface area contributed by atoms with Crippen LogP contribution >= 0.6 is 11.3 Å². The van der Waals surface area contributed by atoms with E-state index in [-0.39, 0.29) is 5.91 Å². The summed E-state index contributed by atoms with van der Waals surface area (Å²) in [4.78, 5) is 22.7. The van der Waals surface area contributed by atoms with E-state index in [4.69, 9.17) is 9.72 Å². The molecule has 0 unspecified atom stereocenters. The van der Waals surface area contributed by atoms with Crippen molar-refractivity contribution in [3.05, 3.63) is 65.2 Å². The summed E-state index contributed by atoms with van der Waals surface area (Å²) in [5, 5.41) is 2.79. The fraction of sp³-hybridized carbons (Fsp3) is 0.308. The number of methoxy groups -OCH3 is 1. The highest BCUT2D eigenvalue weighted by atomic mass is 32.1. The van der Waals surface area contributed by atoms with E-state index in [2.05, 4.69) is 30.9 Å². The maximum Gasteiger partial charge on any atom is 0.263 e. The van der Waals surface area contributed by atoms with Gasteiger partial charge in [0.25, 0.3) is 5.91 Å². The molecular formula is C26H29N3O2S. The van der Waals surface area contributed by atoms with Crippen LogP contribution in [-0.2, 0) is 0 Å². The third-order valence-corrected chi connectivity index (χ3v) is 6.88. The molecule has 0 aliphatic heterocycles. The van der Waals surface area contributed by atoms with E-state index in [0.29, 0.717) is 17.9 Å². The predicted octanol–water partition coefficient (Wildman–Crippen LogP) is 5.67. The highest BCUT2D eigenvalue weighted by Gasteiger charge is 2.25. The molecule has 0 N–H and O–H groups in total. The number of rotatable bonds is 7. The average Bonchev–Trinajstić information content (AvgIpc) is 3.22. The van der Waals surface area contributed by atoms with E-state index in [1.54, 1.807) is 18.4 Å². The monoisotopic (exact) mass is 447 g/mol. The second-order valence-electron chi connectivity index (χ2n) is 8.36. The zero-order valence-corrected chi connectivity index (χ0v) is 20.1. The fourth-order valence-corrected chi connectivity index (χ4v) is 4.91. The molecule has 0 spiro atoms. The van der Waals surface area contributed by atoms with E-state index in [9.17, 15) is 4.79 Å². The second-order valence-corrected chi connectivity index (χ2v) is 9.37. The molecule has 0 aliphatic rings. The summed E-state index contributed by atoms with van der Waals surface area (Å²) in [5.41, 5.74) is 3.90. The van der Waals surface area contributed by atoms with Gasteiger partial charge in [-0.3, -0.25) is 9.69 Å². The summed E-state index contributed by atoms with van der Waals surface area (Å²) >= 11 is 1.57. The van der Waals surface area contributed by atoms with Gasteiger partial charge in [0, 0.05) is 6.54 Å². The van der Waals surface area contributed by atoms with Gasteiger partial charge in [0.15, 0.2) is 5.13 Å². The van der Waals surface area contributed by atoms with Gasteiger partial charge >= 0.3 is 0 Å². The number of benzene rings is 3. The van der Waals surface area contributed by atoms with Gasteiger partial charge in [0.1, 0.15) is 5.75 Å². The maximum atomic E-state index is 13.9. The van der Waals surface area contributed by atoms with Crippen molar-refractivity contribution in [1.29, 1.82) is 0 Å². The number of carbonyl (C=O) groups is 1. The number of nitrogens with zero attached hydrogens (tertiary/aromatic N) is 3. The molecule has 6 heteroatoms. The van der Waals surface area contributed by atoms with Crippen LogP contribution in [0.3, 0.4) is 0 Å². The molecular weight excluding hydrogens is 418 g/mol. The molecule has 1 amide bonds. The molecule has 0 atom stereocenters. The maximum absolute atomic E-state index is 13.9. The quantitative estimate of drug-likeness (QED) is 0.366. The summed E-state index contributed by atoms with van der Waals surface area (Å²) in [6.45, 7) is 5.66. The fourth-order valence-electron chi connectivity index (χ4n) is 3.86. The van der Waals surface area contributed by atoms with E-state index >= 15 is 0 Å². The van der Waals surface area contributed by atoms with Gasteiger partial charge in [-0.25, -0.2) is 4.98 Å². The Morgan fingerprint density at radius 3 is 2.44 bits per heavy atom. The normalized spacial score (nSPS) is 11.4. The number of amides is 1. The first-order chi connectivity index (χ1) is 15.4. The Hall–Kier alpha value is -2.96. The van der Waals surface area contributed by atoms with Crippen molar-refractivity contribution in [3.63, 3.8) is 0 Å². The highest BCUT2D eigenvalue weighted by Crippen LogP contribution is 2.34. The van der Waals surface area contributed by atoms with Gasteiger partial charge in [-0.2, -0.15) is 0 Å². The summed E-state index contributed by atoms with van der Waals surface area (Å²) in [7, 11) is 5.70. The van der Waals surface area contributed by atoms with E-state index in [1.165, 1.54) is 5.56 Å². The predicted molar refractivity (Wildman–Crippen MR) is 134 cm³/mol. The minimum atomic E-state index is -0.0835. The molecule has 5 nitrogen and oxygen atoms in total. The molecule has 3 aromatic carbocycles. The van der Waals surface area contributed by atoms with Crippen molar-refractivity contribution < 1.29 is 9.53 Å². The molecule has 4 rings (SSSR count). The zero-order valence-electron chi connectivity index (χ0n) is 19.3. The minimum absolute atomic E-state index is 0.0835. The summed E-state index contributed by atoms with van der Waals surface area (Å²) in [5.74, 6) is 0.499. The molecule has 0 saturated heterocycles. The number of aryl methyl sites for hydroxylation is 2. The Kier molecular flexibility index (Phi) is 6.44. The van der Waals surface area contributed by atoms with Gasteiger partial charge in [-0.05, 0) is 81.0 Å². The summed E-state index contributed by atoms with van der Waals surface area (Å²) in [6, 6.07) is 16.1. The first-order valence-electron chi connectivity index (χ1n) is 10.8. The van der Waals surface area contributed by atoms with Crippen LogP contribution in [0.15, 0.2) is 48.5 Å². The minimum Gasteiger partial charge on any atom is -0.496 e. The van der Waals surface area contributed by atoms with Crippen molar-refractivity contribution in [3.8, 4) is 5.75 Å². The summed E-state index contributed by atoms with van der Waals surface area (Å²) in [6.07, 6.45) is 0.850. The topological polar surface area (TPSA) is 45.7 Å². The van der Waals surface area contributed by atoms with Crippen molar-refractivity contribution in [2.24, 2.45) is 0 Å². The van der Waals surface area contributed by atoms with Crippen LogP contribution in [0.1, 0.15) is 27.9 Å². The third-order valence-electron chi connectivity index (χ3n) is 5.83. The Labute approximate surface area is 193 Å². The highest BCUT2D eigenvalue weighted by molar-refractivity contribution is 7.22. The van der Waals surface area contributed by atoms with Gasteiger partial charge in [-0.15, -0.1) is 0 Å². The van der Waals surface area contributed by atoms with Crippen LogP contribution in [0.5, 0.6) is 5.75 Å². The van der Waals surface area contributed by atoms with Gasteiger partial charge in [0.2, 0.25) is 0 Å². The number of thiazole rings is 1. The Balaban J connectivity index is 1.79. The number of hydrogen-bond donors (Lipinski definition) is 0. The lowest BCUT2D eigenvalue weighted by Crippen LogP contribution is -2.33. The molecule has 0 bridgehead atoms. The molecule has 0 radical (unpaired) electrons. The van der Waals surface area contributed by atoms with E-state index in [0.717, 1.165) is 44.6 Å². The summed E-state index contributed by atoms with van der Waals surface area (Å²) < 4.78 is 6.72. The standard InChI is InChI=1S/C26H29N3O2S/c1-17-11-12-23-24(18(17)2)27-26(32-23)29(14-8-13-28(3)4)25(30)21-15-19-9-6-7-10-20(19)16-22(21)31-5/h6-7,9-12,15-16H,8,13-14H2,1-5H3. The van der Waals surface area contributed by atoms with Gasteiger partial charge in [0.05, 0.1) is 22.9 Å². The van der Waals surface area contributed by atoms with Gasteiger partial charge in [-0.1, -0.05) is 41.7 Å². The van der Waals surface area contributed by atoms with Crippen molar-refractivity contribution in [2.45, 2.75) is 20.3 Å². The van der Waals surface area contributed by atoms with E-state index in [1.807, 2.05) is 55.4 Å². The lowest BCUT2D eigenvalue weighted by molar-refractivity contribution is 0.0983. The lowest BCUT2D eigenvalue weighted by atomic mass is 10.0. The molecule has 0 aliphatic carbocycles. The van der Waals surface area contributed by atoms with Crippen molar-refractivity contribution in [1.82, 2.24) is 9.88 Å². The van der Waals surface area contributed by atoms with Gasteiger partial charge < -0.3 is 9.64 Å². The lowest BCUT2D eigenvalue weighted by Gasteiger charge is -2.22. The number of aromatic nitrogens is 1. The first kappa shape index (κ1) is 22.2. The molecule has 1 aromatic heterocycles. The van der Waals surface area contributed by atoms with Crippen LogP contribution in [0.25, 0.3) is 21.0 Å².